The van der Waals surface area contributed by atoms with E-state index in [0.717, 1.165) is 44.9 Å². The molecule has 0 N–H and O–H groups in total. The van der Waals surface area contributed by atoms with Crippen molar-refractivity contribution < 1.29 is 4.57 Å². The molecule has 0 saturated heterocycles. The number of benzene rings is 7. The highest BCUT2D eigenvalue weighted by Gasteiger charge is 2.24. The monoisotopic (exact) mass is 720 g/mol. The number of hydrogen-bond donors (Lipinski definition) is 0. The Kier molecular flexibility index (Phi) is 7.13. The second-order valence-corrected chi connectivity index (χ2v) is 14.9. The number of fused-ring (bicyclic) bond motifs is 8. The van der Waals surface area contributed by atoms with Gasteiger partial charge >= 0.3 is 0 Å². The molecule has 11 aromatic rings. The predicted molar refractivity (Wildman–Crippen MR) is 231 cm³/mol. The number of nitrogens with zero attached hydrogens (tertiary/aromatic N) is 5. The van der Waals surface area contributed by atoms with Crippen molar-refractivity contribution in [1.82, 2.24) is 18.7 Å². The minimum atomic E-state index is 0.954. The zero-order valence-corrected chi connectivity index (χ0v) is 31.5. The van der Waals surface area contributed by atoms with Gasteiger partial charge in [0, 0.05) is 45.1 Å². The fourth-order valence-electron chi connectivity index (χ4n) is 9.22. The summed E-state index contributed by atoms with van der Waals surface area (Å²) in [7, 11) is 0. The molecule has 4 aromatic heterocycles. The molecule has 266 valence electrons. The molecule has 0 fully saturated rings. The molecule has 0 bridgehead atoms. The van der Waals surface area contributed by atoms with E-state index < -0.39 is 0 Å². The molecule has 5 heteroatoms. The topological polar surface area (TPSA) is 31.6 Å². The third-order valence-corrected chi connectivity index (χ3v) is 11.4. The van der Waals surface area contributed by atoms with E-state index in [1.54, 1.807) is 0 Å². The van der Waals surface area contributed by atoms with Crippen LogP contribution in [0, 0.1) is 20.8 Å². The molecule has 0 aliphatic carbocycles. The van der Waals surface area contributed by atoms with E-state index in [4.69, 9.17) is 4.98 Å². The first kappa shape index (κ1) is 32.2. The zero-order valence-electron chi connectivity index (χ0n) is 31.5. The summed E-state index contributed by atoms with van der Waals surface area (Å²) in [6.07, 6.45) is 4.12. The van der Waals surface area contributed by atoms with E-state index in [1.165, 1.54) is 60.5 Å². The van der Waals surface area contributed by atoms with Gasteiger partial charge in [0.15, 0.2) is 11.0 Å². The lowest BCUT2D eigenvalue weighted by molar-refractivity contribution is -0.568. The van der Waals surface area contributed by atoms with Crippen molar-refractivity contribution in [3.63, 3.8) is 0 Å². The van der Waals surface area contributed by atoms with Crippen molar-refractivity contribution in [2.75, 3.05) is 0 Å². The molecule has 0 aliphatic heterocycles. The summed E-state index contributed by atoms with van der Waals surface area (Å²) < 4.78 is 9.53. The molecule has 4 heterocycles. The molecular formula is C51H38N5+. The van der Waals surface area contributed by atoms with Gasteiger partial charge in [0.25, 0.3) is 6.33 Å². The zero-order chi connectivity index (χ0) is 37.5. The van der Waals surface area contributed by atoms with Gasteiger partial charge in [0.2, 0.25) is 0 Å². The number of imidazole rings is 1. The highest BCUT2D eigenvalue weighted by atomic mass is 15.1. The van der Waals surface area contributed by atoms with Gasteiger partial charge in [0.1, 0.15) is 11.4 Å². The Morgan fingerprint density at radius 1 is 0.464 bits per heavy atom. The second-order valence-electron chi connectivity index (χ2n) is 14.9. The maximum atomic E-state index is 4.75. The standard InChI is InChI=1S/C51H38N5/c1-33-28-34(2)51(35(3)29-33)54-32-53(44-21-9-10-22-45(44)54)38-16-13-17-39(31-38)56-47-26-25-46-49(40-18-7-8-20-43(40)55(46)37-14-5-4-6-15-37)50(47)41-24-23-36(30-48(41)56)42-19-11-12-27-52-42/h4-32H,1-3H3/q+1. The Bertz CT molecular complexity index is 3300. The SMILES string of the molecule is Cc1cc(C)c(-[n+]2cn(-c3cccc(-n4c5cc(-c6ccccn6)ccc5c5c6c7ccccc7n(-c7ccccc7)c6ccc54)c3)c3ccccc32)c(C)c1. The van der Waals surface area contributed by atoms with Crippen LogP contribution >= 0.6 is 0 Å². The van der Waals surface area contributed by atoms with Crippen molar-refractivity contribution >= 4 is 54.6 Å². The van der Waals surface area contributed by atoms with Gasteiger partial charge in [-0.25, -0.2) is 0 Å². The summed E-state index contributed by atoms with van der Waals surface area (Å²) in [4.78, 5) is 4.75. The summed E-state index contributed by atoms with van der Waals surface area (Å²) in [5, 5.41) is 4.95. The molecule has 0 aliphatic rings. The number of para-hydroxylation sites is 4. The largest absolute Gasteiger partial charge is 0.309 e. The molecule has 7 aromatic carbocycles. The van der Waals surface area contributed by atoms with Crippen LogP contribution in [-0.2, 0) is 0 Å². The van der Waals surface area contributed by atoms with E-state index in [9.17, 15) is 0 Å². The fourth-order valence-corrected chi connectivity index (χ4v) is 9.22. The molecule has 56 heavy (non-hydrogen) atoms. The molecule has 0 spiro atoms. The van der Waals surface area contributed by atoms with Gasteiger partial charge < -0.3 is 9.13 Å². The minimum Gasteiger partial charge on any atom is -0.309 e. The molecule has 0 amide bonds. The maximum absolute atomic E-state index is 4.75. The van der Waals surface area contributed by atoms with Crippen LogP contribution in [0.4, 0.5) is 0 Å². The first-order valence-electron chi connectivity index (χ1n) is 19.2. The summed E-state index contributed by atoms with van der Waals surface area (Å²) in [6.45, 7) is 6.60. The van der Waals surface area contributed by atoms with Crippen LogP contribution < -0.4 is 4.57 Å². The number of pyridine rings is 1. The van der Waals surface area contributed by atoms with Crippen LogP contribution in [0.1, 0.15) is 16.7 Å². The van der Waals surface area contributed by atoms with E-state index in [-0.39, 0.29) is 0 Å². The smallest absolute Gasteiger partial charge is 0.255 e. The predicted octanol–water partition coefficient (Wildman–Crippen LogP) is 12.1. The van der Waals surface area contributed by atoms with Crippen molar-refractivity contribution in [2.45, 2.75) is 20.8 Å². The van der Waals surface area contributed by atoms with Crippen LogP contribution in [0.25, 0.3) is 88.7 Å². The summed E-state index contributed by atoms with van der Waals surface area (Å²) in [5.41, 5.74) is 17.4. The van der Waals surface area contributed by atoms with Gasteiger partial charge in [-0.05, 0) is 105 Å². The Balaban J connectivity index is 1.20. The first-order valence-corrected chi connectivity index (χ1v) is 19.2. The van der Waals surface area contributed by atoms with Crippen LogP contribution in [0.5, 0.6) is 0 Å². The number of aromatic nitrogens is 5. The summed E-state index contributed by atoms with van der Waals surface area (Å²) in [5.74, 6) is 0. The fraction of sp³-hybridized carbons (Fsp3) is 0.0588. The molecule has 0 atom stereocenters. The van der Waals surface area contributed by atoms with Gasteiger partial charge in [0.05, 0.1) is 33.4 Å². The third kappa shape index (κ3) is 4.80. The van der Waals surface area contributed by atoms with Crippen molar-refractivity contribution in [3.8, 4) is 34.0 Å². The molecule has 0 unspecified atom stereocenters. The third-order valence-electron chi connectivity index (χ3n) is 11.4. The summed E-state index contributed by atoms with van der Waals surface area (Å²) in [6, 6.07) is 59.3. The van der Waals surface area contributed by atoms with Gasteiger partial charge in [-0.1, -0.05) is 90.5 Å². The lowest BCUT2D eigenvalue weighted by Crippen LogP contribution is -2.31. The minimum absolute atomic E-state index is 0.954. The first-order chi connectivity index (χ1) is 27.5. The molecule has 0 radical (unpaired) electrons. The van der Waals surface area contributed by atoms with Gasteiger partial charge in [-0.15, -0.1) is 0 Å². The average Bonchev–Trinajstić information content (AvgIpc) is 3.89. The Morgan fingerprint density at radius 2 is 1.11 bits per heavy atom. The quantitative estimate of drug-likeness (QED) is 0.163. The normalized spacial score (nSPS) is 11.8. The highest BCUT2D eigenvalue weighted by Crippen LogP contribution is 2.43. The van der Waals surface area contributed by atoms with Gasteiger partial charge in [-0.2, -0.15) is 9.13 Å². The van der Waals surface area contributed by atoms with Crippen LogP contribution in [-0.4, -0.2) is 18.7 Å². The van der Waals surface area contributed by atoms with Crippen molar-refractivity contribution in [3.05, 3.63) is 193 Å². The van der Waals surface area contributed by atoms with Crippen LogP contribution in [0.3, 0.4) is 0 Å². The molecule has 11 rings (SSSR count). The van der Waals surface area contributed by atoms with Crippen LogP contribution in [0.15, 0.2) is 176 Å². The van der Waals surface area contributed by atoms with Crippen molar-refractivity contribution in [2.24, 2.45) is 0 Å². The molecule has 5 nitrogen and oxygen atoms in total. The average molecular weight is 721 g/mol. The second kappa shape index (κ2) is 12.4. The van der Waals surface area contributed by atoms with Gasteiger partial charge in [-0.3, -0.25) is 4.98 Å². The lowest BCUT2D eigenvalue weighted by atomic mass is 10.0. The van der Waals surface area contributed by atoms with Crippen molar-refractivity contribution in [1.29, 1.82) is 0 Å². The Morgan fingerprint density at radius 3 is 1.88 bits per heavy atom. The maximum Gasteiger partial charge on any atom is 0.255 e. The van der Waals surface area contributed by atoms with E-state index in [1.807, 2.05) is 12.3 Å². The summed E-state index contributed by atoms with van der Waals surface area (Å²) >= 11 is 0. The number of hydrogen-bond acceptors (Lipinski definition) is 1. The lowest BCUT2D eigenvalue weighted by Gasteiger charge is -2.10. The van der Waals surface area contributed by atoms with E-state index in [2.05, 4.69) is 203 Å². The van der Waals surface area contributed by atoms with E-state index >= 15 is 0 Å². The van der Waals surface area contributed by atoms with Crippen LogP contribution in [0.2, 0.25) is 0 Å². The molecular weight excluding hydrogens is 683 g/mol. The van der Waals surface area contributed by atoms with E-state index in [0.29, 0.717) is 0 Å². The Labute approximate surface area is 324 Å². The number of rotatable bonds is 5. The molecule has 0 saturated carbocycles. The Hall–Kier alpha value is -7.24. The number of aryl methyl sites for hydroxylation is 3. The highest BCUT2D eigenvalue weighted by molar-refractivity contribution is 6.29.